The van der Waals surface area contributed by atoms with E-state index in [0.717, 1.165) is 11.3 Å². The van der Waals surface area contributed by atoms with Crippen molar-refractivity contribution in [3.63, 3.8) is 0 Å². The maximum atomic E-state index is 9.32. The van der Waals surface area contributed by atoms with E-state index in [1.54, 1.807) is 12.1 Å². The number of hydrogen-bond donors (Lipinski definition) is 1. The normalized spacial score (nSPS) is 14.2. The molecule has 0 saturated carbocycles. The molecule has 0 aliphatic carbocycles. The highest BCUT2D eigenvalue weighted by molar-refractivity contribution is 6.30. The quantitative estimate of drug-likeness (QED) is 0.699. The largest absolute Gasteiger partial charge is 0.396 e. The van der Waals surface area contributed by atoms with Crippen LogP contribution in [0.15, 0.2) is 58.8 Å². The van der Waals surface area contributed by atoms with Gasteiger partial charge in [0, 0.05) is 16.7 Å². The van der Waals surface area contributed by atoms with E-state index in [4.69, 9.17) is 23.2 Å². The summed E-state index contributed by atoms with van der Waals surface area (Å²) in [6.45, 7) is 2.04. The lowest BCUT2D eigenvalue weighted by molar-refractivity contribution is 0.242. The third-order valence-electron chi connectivity index (χ3n) is 3.38. The first-order valence-corrected chi connectivity index (χ1v) is 7.80. The van der Waals surface area contributed by atoms with Crippen molar-refractivity contribution in [1.29, 1.82) is 0 Å². The molecule has 0 bridgehead atoms. The van der Waals surface area contributed by atoms with E-state index < -0.39 is 5.54 Å². The summed E-state index contributed by atoms with van der Waals surface area (Å²) < 4.78 is 0. The fraction of sp³-hybridized carbons (Fsp3) is 0.294. The smallest absolute Gasteiger partial charge is 0.0854 e. The molecule has 1 atom stereocenters. The summed E-state index contributed by atoms with van der Waals surface area (Å²) in [5.41, 5.74) is 1.38. The number of nitrogens with zero attached hydrogens (tertiary/aromatic N) is 2. The van der Waals surface area contributed by atoms with Crippen LogP contribution in [0.25, 0.3) is 0 Å². The molecule has 0 amide bonds. The van der Waals surface area contributed by atoms with Gasteiger partial charge >= 0.3 is 0 Å². The van der Waals surface area contributed by atoms with Crippen molar-refractivity contribution in [2.24, 2.45) is 10.2 Å². The topological polar surface area (TPSA) is 45.0 Å². The summed E-state index contributed by atoms with van der Waals surface area (Å²) in [6.07, 6.45) is 1.22. The summed E-state index contributed by atoms with van der Waals surface area (Å²) in [6, 6.07) is 14.8. The maximum absolute atomic E-state index is 9.32. The first kappa shape index (κ1) is 16.9. The van der Waals surface area contributed by atoms with Crippen LogP contribution < -0.4 is 0 Å². The number of aliphatic hydroxyl groups excluding tert-OH is 1. The van der Waals surface area contributed by atoms with Gasteiger partial charge in [0.2, 0.25) is 0 Å². The highest BCUT2D eigenvalue weighted by atomic mass is 35.5. The fourth-order valence-electron chi connectivity index (χ4n) is 2.14. The van der Waals surface area contributed by atoms with Gasteiger partial charge in [0.1, 0.15) is 0 Å². The number of aliphatic hydroxyl groups is 1. The SMILES string of the molecule is CC(CCO)(Cc1ccc(Cl)cc1)N=Nc1ccc(Cl)cc1. The zero-order chi connectivity index (χ0) is 16.0. The Kier molecular flexibility index (Phi) is 5.95. The second-order valence-corrected chi connectivity index (χ2v) is 6.32. The minimum absolute atomic E-state index is 0.0593. The number of halogens is 2. The van der Waals surface area contributed by atoms with Crippen molar-refractivity contribution < 1.29 is 5.11 Å². The summed E-state index contributed by atoms with van der Waals surface area (Å²) in [5.74, 6) is 0. The predicted molar refractivity (Wildman–Crippen MR) is 91.2 cm³/mol. The second kappa shape index (κ2) is 7.73. The Morgan fingerprint density at radius 2 is 1.50 bits per heavy atom. The predicted octanol–water partition coefficient (Wildman–Crippen LogP) is 5.46. The number of benzene rings is 2. The molecule has 116 valence electrons. The van der Waals surface area contributed by atoms with Crippen molar-refractivity contribution in [3.05, 3.63) is 64.1 Å². The van der Waals surface area contributed by atoms with Gasteiger partial charge in [-0.1, -0.05) is 35.3 Å². The molecule has 0 saturated heterocycles. The van der Waals surface area contributed by atoms with Gasteiger partial charge in [-0.2, -0.15) is 10.2 Å². The first-order valence-electron chi connectivity index (χ1n) is 7.04. The van der Waals surface area contributed by atoms with Gasteiger partial charge in [-0.3, -0.25) is 0 Å². The molecule has 5 heteroatoms. The van der Waals surface area contributed by atoms with Crippen molar-refractivity contribution in [2.45, 2.75) is 25.3 Å². The van der Waals surface area contributed by atoms with Crippen LogP contribution in [0.4, 0.5) is 5.69 Å². The summed E-state index contributed by atoms with van der Waals surface area (Å²) in [5, 5.41) is 19.4. The van der Waals surface area contributed by atoms with Crippen LogP contribution in [0.5, 0.6) is 0 Å². The molecule has 2 aromatic carbocycles. The van der Waals surface area contributed by atoms with Gasteiger partial charge in [0.05, 0.1) is 11.2 Å². The molecule has 1 N–H and O–H groups in total. The number of azo groups is 1. The van der Waals surface area contributed by atoms with Crippen molar-refractivity contribution in [2.75, 3.05) is 6.61 Å². The molecule has 0 spiro atoms. The zero-order valence-corrected chi connectivity index (χ0v) is 13.8. The molecule has 0 aromatic heterocycles. The van der Waals surface area contributed by atoms with Gasteiger partial charge in [0.15, 0.2) is 0 Å². The molecule has 22 heavy (non-hydrogen) atoms. The van der Waals surface area contributed by atoms with E-state index in [9.17, 15) is 5.11 Å². The third-order valence-corrected chi connectivity index (χ3v) is 3.89. The lowest BCUT2D eigenvalue weighted by Crippen LogP contribution is -2.26. The highest BCUT2D eigenvalue weighted by Crippen LogP contribution is 2.25. The molecule has 2 aromatic rings. The molecular formula is C17H18Cl2N2O. The summed E-state index contributed by atoms with van der Waals surface area (Å²) >= 11 is 11.8. The van der Waals surface area contributed by atoms with Crippen LogP contribution >= 0.6 is 23.2 Å². The number of hydrogen-bond acceptors (Lipinski definition) is 3. The Bertz CT molecular complexity index is 626. The Morgan fingerprint density at radius 1 is 0.955 bits per heavy atom. The van der Waals surface area contributed by atoms with E-state index >= 15 is 0 Å². The lowest BCUT2D eigenvalue weighted by atomic mass is 9.91. The second-order valence-electron chi connectivity index (χ2n) is 5.45. The first-order chi connectivity index (χ1) is 10.5. The molecule has 0 aliphatic rings. The van der Waals surface area contributed by atoms with Gasteiger partial charge in [-0.05, 0) is 61.7 Å². The minimum Gasteiger partial charge on any atom is -0.396 e. The Labute approximate surface area is 140 Å². The van der Waals surface area contributed by atoms with E-state index in [2.05, 4.69) is 10.2 Å². The molecular weight excluding hydrogens is 319 g/mol. The average Bonchev–Trinajstić information content (AvgIpc) is 2.49. The zero-order valence-electron chi connectivity index (χ0n) is 12.3. The summed E-state index contributed by atoms with van der Waals surface area (Å²) in [7, 11) is 0. The summed E-state index contributed by atoms with van der Waals surface area (Å²) in [4.78, 5) is 0. The number of rotatable bonds is 6. The van der Waals surface area contributed by atoms with Crippen molar-refractivity contribution in [1.82, 2.24) is 0 Å². The van der Waals surface area contributed by atoms with Crippen molar-refractivity contribution >= 4 is 28.9 Å². The maximum Gasteiger partial charge on any atom is 0.0854 e. The molecule has 0 fully saturated rings. The standard InChI is InChI=1S/C17H18Cl2N2O/c1-17(10-11-22,12-13-2-4-14(18)5-3-13)21-20-16-8-6-15(19)7-9-16/h2-9,22H,10-12H2,1H3. The molecule has 3 nitrogen and oxygen atoms in total. The third kappa shape index (κ3) is 5.09. The van der Waals surface area contributed by atoms with Crippen LogP contribution in [-0.4, -0.2) is 17.3 Å². The Balaban J connectivity index is 2.16. The monoisotopic (exact) mass is 336 g/mol. The van der Waals surface area contributed by atoms with Crippen LogP contribution in [-0.2, 0) is 6.42 Å². The van der Waals surface area contributed by atoms with Crippen LogP contribution in [0.2, 0.25) is 10.0 Å². The van der Waals surface area contributed by atoms with Gasteiger partial charge in [-0.15, -0.1) is 0 Å². The minimum atomic E-state index is -0.470. The molecule has 0 radical (unpaired) electrons. The molecule has 1 unspecified atom stereocenters. The molecule has 2 rings (SSSR count). The average molecular weight is 337 g/mol. The van der Waals surface area contributed by atoms with E-state index in [1.807, 2.05) is 43.3 Å². The van der Waals surface area contributed by atoms with Gasteiger partial charge in [0.25, 0.3) is 0 Å². The van der Waals surface area contributed by atoms with E-state index in [-0.39, 0.29) is 6.61 Å². The fourth-order valence-corrected chi connectivity index (χ4v) is 2.39. The van der Waals surface area contributed by atoms with Crippen LogP contribution in [0.1, 0.15) is 18.9 Å². The van der Waals surface area contributed by atoms with Gasteiger partial charge < -0.3 is 5.11 Å². The lowest BCUT2D eigenvalue weighted by Gasteiger charge is -2.23. The molecule has 0 aliphatic heterocycles. The Morgan fingerprint density at radius 3 is 2.05 bits per heavy atom. The van der Waals surface area contributed by atoms with Crippen LogP contribution in [0, 0.1) is 0 Å². The van der Waals surface area contributed by atoms with Crippen molar-refractivity contribution in [3.8, 4) is 0 Å². The highest BCUT2D eigenvalue weighted by Gasteiger charge is 2.24. The van der Waals surface area contributed by atoms with E-state index in [1.165, 1.54) is 0 Å². The molecule has 0 heterocycles. The Hall–Kier alpha value is -1.42. The van der Waals surface area contributed by atoms with E-state index in [0.29, 0.717) is 22.9 Å². The van der Waals surface area contributed by atoms with Gasteiger partial charge in [-0.25, -0.2) is 0 Å². The van der Waals surface area contributed by atoms with Crippen LogP contribution in [0.3, 0.4) is 0 Å².